The van der Waals surface area contributed by atoms with Crippen LogP contribution in [0.5, 0.6) is 0 Å². The predicted octanol–water partition coefficient (Wildman–Crippen LogP) is 4.98. The number of hydrogen-bond donors (Lipinski definition) is 1. The first-order valence-corrected chi connectivity index (χ1v) is 11.1. The van der Waals surface area contributed by atoms with Crippen molar-refractivity contribution in [1.82, 2.24) is 9.97 Å². The second-order valence-electron chi connectivity index (χ2n) is 7.15. The van der Waals surface area contributed by atoms with Crippen molar-refractivity contribution in [2.24, 2.45) is 0 Å². The van der Waals surface area contributed by atoms with E-state index in [1.54, 1.807) is 30.6 Å². The average molecular weight is 451 g/mol. The Morgan fingerprint density at radius 3 is 2.62 bits per heavy atom. The highest BCUT2D eigenvalue weighted by Gasteiger charge is 2.17. The molecule has 8 heteroatoms. The molecule has 0 atom stereocenters. The Morgan fingerprint density at radius 1 is 1.06 bits per heavy atom. The van der Waals surface area contributed by atoms with Gasteiger partial charge in [-0.05, 0) is 47.8 Å². The number of fused-ring (bicyclic) bond motifs is 1. The van der Waals surface area contributed by atoms with Gasteiger partial charge in [0.25, 0.3) is 0 Å². The molecule has 0 aliphatic heterocycles. The van der Waals surface area contributed by atoms with Gasteiger partial charge in [-0.25, -0.2) is 14.4 Å². The number of methoxy groups -OCH3 is 1. The van der Waals surface area contributed by atoms with Crippen LogP contribution < -0.4 is 10.2 Å². The van der Waals surface area contributed by atoms with E-state index in [4.69, 9.17) is 14.7 Å². The van der Waals surface area contributed by atoms with E-state index in [0.29, 0.717) is 31.2 Å². The summed E-state index contributed by atoms with van der Waals surface area (Å²) in [5.74, 6) is 0.930. The lowest BCUT2D eigenvalue weighted by atomic mass is 10.2. The maximum atomic E-state index is 13.1. The second-order valence-corrected chi connectivity index (χ2v) is 8.10. The van der Waals surface area contributed by atoms with Gasteiger partial charge >= 0.3 is 0 Å². The largest absolute Gasteiger partial charge is 0.383 e. The van der Waals surface area contributed by atoms with Crippen molar-refractivity contribution >= 4 is 39.7 Å². The van der Waals surface area contributed by atoms with Gasteiger partial charge in [-0.1, -0.05) is 18.2 Å². The van der Waals surface area contributed by atoms with Crippen LogP contribution in [0.2, 0.25) is 0 Å². The molecular weight excluding hydrogens is 427 g/mol. The SMILES string of the molecule is COCCN(CCC(=O)Nc1ccc(F)cc1)c1nc(-c2cccs2)nc2ccccc12. The van der Waals surface area contributed by atoms with Gasteiger partial charge in [-0.3, -0.25) is 4.79 Å². The van der Waals surface area contributed by atoms with Gasteiger partial charge in [0.05, 0.1) is 17.0 Å². The first kappa shape index (κ1) is 21.9. The van der Waals surface area contributed by atoms with Crippen LogP contribution in [-0.2, 0) is 9.53 Å². The Kier molecular flexibility index (Phi) is 7.03. The molecule has 4 aromatic rings. The van der Waals surface area contributed by atoms with Crippen molar-refractivity contribution in [1.29, 1.82) is 0 Å². The Bertz CT molecular complexity index is 1180. The molecule has 32 heavy (non-hydrogen) atoms. The highest BCUT2D eigenvalue weighted by Crippen LogP contribution is 2.29. The third kappa shape index (κ3) is 5.27. The smallest absolute Gasteiger partial charge is 0.226 e. The first-order chi connectivity index (χ1) is 15.6. The molecule has 0 spiro atoms. The van der Waals surface area contributed by atoms with Gasteiger partial charge < -0.3 is 15.0 Å². The minimum absolute atomic E-state index is 0.157. The van der Waals surface area contributed by atoms with Gasteiger partial charge in [0, 0.05) is 37.7 Å². The molecule has 1 N–H and O–H groups in total. The summed E-state index contributed by atoms with van der Waals surface area (Å²) in [4.78, 5) is 25.2. The molecular formula is C24H23FN4O2S. The molecule has 0 saturated heterocycles. The quantitative estimate of drug-likeness (QED) is 0.390. The fourth-order valence-corrected chi connectivity index (χ4v) is 3.99. The van der Waals surface area contributed by atoms with Crippen LogP contribution in [0.25, 0.3) is 21.6 Å². The average Bonchev–Trinajstić information content (AvgIpc) is 3.35. The lowest BCUT2D eigenvalue weighted by molar-refractivity contribution is -0.116. The van der Waals surface area contributed by atoms with Crippen molar-refractivity contribution in [2.45, 2.75) is 6.42 Å². The number of thiophene rings is 1. The van der Waals surface area contributed by atoms with Crippen molar-refractivity contribution < 1.29 is 13.9 Å². The standard InChI is InChI=1S/C24H23FN4O2S/c1-31-15-14-29(13-12-22(30)26-18-10-8-17(25)9-11-18)24-19-5-2-3-6-20(19)27-23(28-24)21-7-4-16-32-21/h2-11,16H,12-15H2,1H3,(H,26,30). The number of halogens is 1. The van der Waals surface area contributed by atoms with Crippen LogP contribution in [0.15, 0.2) is 66.0 Å². The monoisotopic (exact) mass is 450 g/mol. The molecule has 2 aromatic heterocycles. The number of para-hydroxylation sites is 1. The topological polar surface area (TPSA) is 67.3 Å². The number of ether oxygens (including phenoxy) is 1. The zero-order valence-electron chi connectivity index (χ0n) is 17.6. The van der Waals surface area contributed by atoms with Crippen molar-refractivity contribution in [3.8, 4) is 10.7 Å². The molecule has 0 unspecified atom stereocenters. The van der Waals surface area contributed by atoms with Gasteiger partial charge in [0.15, 0.2) is 5.82 Å². The lowest BCUT2D eigenvalue weighted by Gasteiger charge is -2.25. The molecule has 0 bridgehead atoms. The summed E-state index contributed by atoms with van der Waals surface area (Å²) in [6, 6.07) is 17.5. The van der Waals surface area contributed by atoms with E-state index in [2.05, 4.69) is 10.2 Å². The normalized spacial score (nSPS) is 10.9. The first-order valence-electron chi connectivity index (χ1n) is 10.2. The highest BCUT2D eigenvalue weighted by atomic mass is 32.1. The van der Waals surface area contributed by atoms with Gasteiger partial charge in [0.1, 0.15) is 11.6 Å². The zero-order valence-corrected chi connectivity index (χ0v) is 18.4. The fraction of sp³-hybridized carbons (Fsp3) is 0.208. The van der Waals surface area contributed by atoms with Crippen molar-refractivity contribution in [3.05, 3.63) is 71.9 Å². The van der Waals surface area contributed by atoms with Gasteiger partial charge in [-0.15, -0.1) is 11.3 Å². The number of hydrogen-bond acceptors (Lipinski definition) is 6. The summed E-state index contributed by atoms with van der Waals surface area (Å²) in [7, 11) is 1.65. The molecule has 1 amide bonds. The molecule has 0 radical (unpaired) electrons. The Balaban J connectivity index is 1.59. The van der Waals surface area contributed by atoms with E-state index in [0.717, 1.165) is 21.6 Å². The van der Waals surface area contributed by atoms with E-state index >= 15 is 0 Å². The van der Waals surface area contributed by atoms with Crippen LogP contribution in [0, 0.1) is 5.82 Å². The van der Waals surface area contributed by atoms with Crippen molar-refractivity contribution in [3.63, 3.8) is 0 Å². The number of carbonyl (C=O) groups is 1. The number of anilines is 2. The minimum Gasteiger partial charge on any atom is -0.383 e. The minimum atomic E-state index is -0.342. The molecule has 4 rings (SSSR count). The summed E-state index contributed by atoms with van der Waals surface area (Å²) in [5, 5.41) is 5.72. The van der Waals surface area contributed by atoms with Crippen LogP contribution in [-0.4, -0.2) is 42.7 Å². The third-order valence-corrected chi connectivity index (χ3v) is 5.79. The number of amides is 1. The molecule has 0 aliphatic rings. The van der Waals surface area contributed by atoms with E-state index in [1.165, 1.54) is 12.1 Å². The Hall–Kier alpha value is -3.36. The zero-order chi connectivity index (χ0) is 22.3. The lowest BCUT2D eigenvalue weighted by Crippen LogP contribution is -2.32. The number of nitrogens with one attached hydrogen (secondary N) is 1. The third-order valence-electron chi connectivity index (χ3n) is 4.93. The summed E-state index contributed by atoms with van der Waals surface area (Å²) >= 11 is 1.58. The molecule has 0 fully saturated rings. The Labute approximate surface area is 189 Å². The second kappa shape index (κ2) is 10.3. The summed E-state index contributed by atoms with van der Waals surface area (Å²) in [5.41, 5.74) is 1.41. The van der Waals surface area contributed by atoms with Crippen LogP contribution in [0.1, 0.15) is 6.42 Å². The van der Waals surface area contributed by atoms with Gasteiger partial charge in [-0.2, -0.15) is 0 Å². The molecule has 6 nitrogen and oxygen atoms in total. The number of aromatic nitrogens is 2. The molecule has 0 aliphatic carbocycles. The molecule has 164 valence electrons. The summed E-state index contributed by atoms with van der Waals surface area (Å²) < 4.78 is 18.4. The number of rotatable bonds is 9. The number of nitrogens with zero attached hydrogens (tertiary/aromatic N) is 3. The molecule has 2 heterocycles. The fourth-order valence-electron chi connectivity index (χ4n) is 3.34. The maximum Gasteiger partial charge on any atom is 0.226 e. The van der Waals surface area contributed by atoms with Crippen LogP contribution in [0.3, 0.4) is 0 Å². The molecule has 2 aromatic carbocycles. The highest BCUT2D eigenvalue weighted by molar-refractivity contribution is 7.13. The summed E-state index contributed by atoms with van der Waals surface area (Å²) in [6.07, 6.45) is 0.244. The van der Waals surface area contributed by atoms with E-state index < -0.39 is 0 Å². The van der Waals surface area contributed by atoms with E-state index in [9.17, 15) is 9.18 Å². The maximum absolute atomic E-state index is 13.1. The Morgan fingerprint density at radius 2 is 1.88 bits per heavy atom. The van der Waals surface area contributed by atoms with Crippen molar-refractivity contribution in [2.75, 3.05) is 37.0 Å². The molecule has 0 saturated carbocycles. The van der Waals surface area contributed by atoms with Gasteiger partial charge in [0.2, 0.25) is 5.91 Å². The number of benzene rings is 2. The van der Waals surface area contributed by atoms with E-state index in [-0.39, 0.29) is 18.1 Å². The van der Waals surface area contributed by atoms with Crippen LogP contribution in [0.4, 0.5) is 15.9 Å². The van der Waals surface area contributed by atoms with Crippen LogP contribution >= 0.6 is 11.3 Å². The number of carbonyl (C=O) groups excluding carboxylic acids is 1. The predicted molar refractivity (Wildman–Crippen MR) is 127 cm³/mol. The van der Waals surface area contributed by atoms with E-state index in [1.807, 2.05) is 41.8 Å². The summed E-state index contributed by atoms with van der Waals surface area (Å²) in [6.45, 7) is 1.51.